The Kier molecular flexibility index (Phi) is 6.46. The molecule has 0 unspecified atom stereocenters. The third-order valence-electron chi connectivity index (χ3n) is 5.14. The van der Waals surface area contributed by atoms with Crippen LogP contribution in [-0.2, 0) is 24.8 Å². The first kappa shape index (κ1) is 22.2. The van der Waals surface area contributed by atoms with Gasteiger partial charge in [-0.25, -0.2) is 17.9 Å². The number of carbonyl (C=O) groups is 1. The average Bonchev–Trinajstić information content (AvgIpc) is 2.74. The highest BCUT2D eigenvalue weighted by Crippen LogP contribution is 2.28. The minimum absolute atomic E-state index is 0.0167. The molecule has 1 fully saturated rings. The lowest BCUT2D eigenvalue weighted by molar-refractivity contribution is -0.396. The minimum Gasteiger partial charge on any atom is -0.481 e. The van der Waals surface area contributed by atoms with E-state index in [-0.39, 0.29) is 15.7 Å². The van der Waals surface area contributed by atoms with Crippen molar-refractivity contribution in [1.82, 2.24) is 4.72 Å². The number of carboxylic acid groups (broad SMARTS) is 1. The monoisotopic (exact) mass is 454 g/mol. The zero-order valence-electron chi connectivity index (χ0n) is 16.4. The van der Waals surface area contributed by atoms with Crippen molar-refractivity contribution in [1.29, 1.82) is 0 Å². The Balaban J connectivity index is 1.82. The number of rotatable bonds is 7. The molecule has 3 rings (SSSR count). The van der Waals surface area contributed by atoms with Gasteiger partial charge in [-0.15, -0.1) is 0 Å². The van der Waals surface area contributed by atoms with E-state index in [1.54, 1.807) is 18.2 Å². The Morgan fingerprint density at radius 3 is 2.13 bits per heavy atom. The molecule has 1 aliphatic rings. The predicted octanol–water partition coefficient (Wildman–Crippen LogP) is 0.480. The highest BCUT2D eigenvalue weighted by atomic mass is 32.2. The fraction of sp³-hybridized carbons (Fsp3) is 0.316. The van der Waals surface area contributed by atoms with Crippen molar-refractivity contribution in [3.8, 4) is 0 Å². The number of hydrogen-bond acceptors (Lipinski definition) is 6. The van der Waals surface area contributed by atoms with Gasteiger partial charge in [-0.05, 0) is 50.2 Å². The first-order valence-corrected chi connectivity index (χ1v) is 12.4. The average molecular weight is 455 g/mol. The van der Waals surface area contributed by atoms with Crippen LogP contribution in [0.2, 0.25) is 0 Å². The van der Waals surface area contributed by atoms with Crippen LogP contribution in [0.3, 0.4) is 0 Å². The van der Waals surface area contributed by atoms with Gasteiger partial charge in [0.1, 0.15) is 4.90 Å². The van der Waals surface area contributed by atoms with Gasteiger partial charge in [0.2, 0.25) is 10.0 Å². The van der Waals surface area contributed by atoms with E-state index < -0.39 is 26.0 Å². The molecule has 9 nitrogen and oxygen atoms in total. The topological polar surface area (TPSA) is 137 Å². The Hall–Kier alpha value is -2.47. The van der Waals surface area contributed by atoms with Gasteiger partial charge in [0.05, 0.1) is 16.5 Å². The van der Waals surface area contributed by atoms with Crippen LogP contribution in [0.5, 0.6) is 0 Å². The molecular weight excluding hydrogens is 430 g/mol. The lowest BCUT2D eigenvalue weighted by atomic mass is 9.96. The molecule has 4 N–H and O–H groups in total. The summed E-state index contributed by atoms with van der Waals surface area (Å²) in [6.07, 6.45) is 0.996. The van der Waals surface area contributed by atoms with Gasteiger partial charge in [0, 0.05) is 19.2 Å². The summed E-state index contributed by atoms with van der Waals surface area (Å²) in [6.45, 7) is 1.05. The molecule has 11 heteroatoms. The third kappa shape index (κ3) is 4.81. The Morgan fingerprint density at radius 2 is 1.57 bits per heavy atom. The molecule has 0 saturated carbocycles. The number of para-hydroxylation sites is 1. The zero-order chi connectivity index (χ0) is 21.9. The summed E-state index contributed by atoms with van der Waals surface area (Å²) in [5.74, 6) is -1.19. The number of sulfonamides is 2. The van der Waals surface area contributed by atoms with Gasteiger partial charge in [-0.2, -0.15) is 8.42 Å². The third-order valence-corrected chi connectivity index (χ3v) is 8.06. The maximum atomic E-state index is 12.9. The summed E-state index contributed by atoms with van der Waals surface area (Å²) in [5.41, 5.74) is 1.22. The van der Waals surface area contributed by atoms with E-state index in [2.05, 4.69) is 4.72 Å². The van der Waals surface area contributed by atoms with Gasteiger partial charge in [0.25, 0.3) is 0 Å². The summed E-state index contributed by atoms with van der Waals surface area (Å²) in [7, 11) is -6.20. The number of benzene rings is 2. The molecule has 1 heterocycles. The van der Waals surface area contributed by atoms with Crippen LogP contribution in [0.4, 0.5) is 11.4 Å². The summed E-state index contributed by atoms with van der Waals surface area (Å²) in [6, 6.07) is 12.1. The van der Waals surface area contributed by atoms with Crippen molar-refractivity contribution in [2.24, 2.45) is 5.92 Å². The zero-order valence-corrected chi connectivity index (χ0v) is 18.0. The molecule has 2 aromatic carbocycles. The van der Waals surface area contributed by atoms with E-state index in [1.165, 1.54) is 31.3 Å². The van der Waals surface area contributed by atoms with Crippen LogP contribution < -0.4 is 14.3 Å². The largest absolute Gasteiger partial charge is 0.481 e. The number of nitrogens with zero attached hydrogens (tertiary/aromatic N) is 1. The Morgan fingerprint density at radius 1 is 1.00 bits per heavy atom. The molecule has 0 atom stereocenters. The van der Waals surface area contributed by atoms with Gasteiger partial charge in [-0.1, -0.05) is 12.1 Å². The van der Waals surface area contributed by atoms with E-state index in [0.717, 1.165) is 10.4 Å². The maximum Gasteiger partial charge on any atom is 0.328 e. The van der Waals surface area contributed by atoms with Crippen molar-refractivity contribution in [3.05, 3.63) is 48.5 Å². The summed E-state index contributed by atoms with van der Waals surface area (Å²) in [5, 5.41) is 9.17. The molecule has 30 heavy (non-hydrogen) atoms. The number of anilines is 1. The minimum atomic E-state index is -3.83. The molecule has 1 aliphatic heterocycles. The van der Waals surface area contributed by atoms with Crippen molar-refractivity contribution in [2.75, 3.05) is 25.0 Å². The van der Waals surface area contributed by atoms with Crippen molar-refractivity contribution in [2.45, 2.75) is 22.6 Å². The second-order valence-electron chi connectivity index (χ2n) is 7.00. The lowest BCUT2D eigenvalue weighted by Crippen LogP contribution is -2.81. The highest BCUT2D eigenvalue weighted by Gasteiger charge is 2.28. The second-order valence-corrected chi connectivity index (χ2v) is 10.7. The molecule has 1 saturated heterocycles. The van der Waals surface area contributed by atoms with Crippen LogP contribution in [0, 0.1) is 5.92 Å². The SMILES string of the molecule is CNS(=O)(=O)c1ccc(S(=O)(=O)[NH2+]c2ccccc2N2CCC(C(=O)O)CC2)cc1. The molecule has 0 bridgehead atoms. The first-order chi connectivity index (χ1) is 14.1. The summed E-state index contributed by atoms with van der Waals surface area (Å²) >= 11 is 0. The number of primary sulfonamides is 1. The Labute approximate surface area is 175 Å². The molecule has 0 amide bonds. The lowest BCUT2D eigenvalue weighted by Gasteiger charge is -2.32. The molecule has 0 spiro atoms. The van der Waals surface area contributed by atoms with E-state index in [9.17, 15) is 21.6 Å². The quantitative estimate of drug-likeness (QED) is 0.517. The van der Waals surface area contributed by atoms with Gasteiger partial charge < -0.3 is 10.0 Å². The number of aliphatic carboxylic acids is 1. The maximum absolute atomic E-state index is 12.9. The number of quaternary nitrogens is 1. The molecule has 162 valence electrons. The number of nitrogens with one attached hydrogen (secondary N) is 1. The standard InChI is InChI=1S/C19H23N3O6S2/c1-20-29(25,26)15-6-8-16(9-7-15)30(27,28)21-17-4-2-3-5-18(17)22-12-10-14(11-13-22)19(23)24/h2-9,14,20-21H,10-13H2,1H3,(H,23,24)/p+1. The van der Waals surface area contributed by atoms with E-state index in [1.807, 2.05) is 11.0 Å². The van der Waals surface area contributed by atoms with E-state index >= 15 is 0 Å². The molecule has 0 aromatic heterocycles. The normalized spacial score (nSPS) is 15.8. The van der Waals surface area contributed by atoms with Crippen molar-refractivity contribution < 1.29 is 31.5 Å². The highest BCUT2D eigenvalue weighted by molar-refractivity contribution is 7.89. The predicted molar refractivity (Wildman–Crippen MR) is 110 cm³/mol. The van der Waals surface area contributed by atoms with Gasteiger partial charge >= 0.3 is 16.0 Å². The fourth-order valence-corrected chi connectivity index (χ4v) is 5.32. The van der Waals surface area contributed by atoms with Crippen LogP contribution in [-0.4, -0.2) is 48.0 Å². The fourth-order valence-electron chi connectivity index (χ4n) is 3.40. The Bertz CT molecular complexity index is 1120. The summed E-state index contributed by atoms with van der Waals surface area (Å²) in [4.78, 5) is 13.1. The van der Waals surface area contributed by atoms with E-state index in [4.69, 9.17) is 5.11 Å². The van der Waals surface area contributed by atoms with Crippen LogP contribution in [0.1, 0.15) is 12.8 Å². The van der Waals surface area contributed by atoms with Crippen molar-refractivity contribution in [3.63, 3.8) is 0 Å². The molecule has 0 aliphatic carbocycles. The number of piperidine rings is 1. The van der Waals surface area contributed by atoms with Crippen molar-refractivity contribution >= 4 is 37.4 Å². The van der Waals surface area contributed by atoms with Crippen LogP contribution in [0.25, 0.3) is 0 Å². The number of carboxylic acids is 1. The number of hydrogen-bond donors (Lipinski definition) is 3. The first-order valence-electron chi connectivity index (χ1n) is 9.34. The molecular formula is C19H24N3O6S2+. The molecule has 2 aromatic rings. The van der Waals surface area contributed by atoms with Crippen LogP contribution in [0.15, 0.2) is 58.3 Å². The van der Waals surface area contributed by atoms with Crippen LogP contribution >= 0.6 is 0 Å². The molecule has 0 radical (unpaired) electrons. The second kappa shape index (κ2) is 8.72. The smallest absolute Gasteiger partial charge is 0.328 e. The van der Waals surface area contributed by atoms with Gasteiger partial charge in [-0.3, -0.25) is 4.79 Å². The van der Waals surface area contributed by atoms with Gasteiger partial charge in [0.15, 0.2) is 5.69 Å². The number of nitrogens with two attached hydrogens (primary N) is 1. The summed E-state index contributed by atoms with van der Waals surface area (Å²) < 4.78 is 52.8. The van der Waals surface area contributed by atoms with E-state index in [0.29, 0.717) is 31.6 Å².